The molecule has 0 radical (unpaired) electrons. The summed E-state index contributed by atoms with van der Waals surface area (Å²) >= 11 is 6.17. The van der Waals surface area contributed by atoms with Gasteiger partial charge in [0.05, 0.1) is 17.6 Å². The Balaban J connectivity index is 1.33. The maximum Gasteiger partial charge on any atom is 0.263 e. The van der Waals surface area contributed by atoms with E-state index in [9.17, 15) is 32.3 Å². The summed E-state index contributed by atoms with van der Waals surface area (Å²) in [5.74, 6) is -4.82. The summed E-state index contributed by atoms with van der Waals surface area (Å²) in [6.07, 6.45) is -0.0208. The zero-order valence-corrected chi connectivity index (χ0v) is 25.5. The first-order chi connectivity index (χ1) is 21.8. The van der Waals surface area contributed by atoms with Gasteiger partial charge in [0, 0.05) is 62.0 Å². The fourth-order valence-electron chi connectivity index (χ4n) is 6.19. The number of phenolic OH excluding ortho intramolecular Hbond substituents is 1. The van der Waals surface area contributed by atoms with E-state index >= 15 is 4.39 Å². The van der Waals surface area contributed by atoms with Crippen molar-refractivity contribution in [1.29, 1.82) is 0 Å². The van der Waals surface area contributed by atoms with Crippen molar-refractivity contribution in [2.24, 2.45) is 0 Å². The van der Waals surface area contributed by atoms with E-state index in [2.05, 4.69) is 15.3 Å². The van der Waals surface area contributed by atoms with Gasteiger partial charge in [-0.15, -0.1) is 0 Å². The van der Waals surface area contributed by atoms with Crippen LogP contribution in [0.4, 0.5) is 33.5 Å². The van der Waals surface area contributed by atoms with Crippen LogP contribution in [-0.4, -0.2) is 73.7 Å². The van der Waals surface area contributed by atoms with Gasteiger partial charge in [-0.05, 0) is 31.9 Å². The number of amides is 1. The lowest BCUT2D eigenvalue weighted by Gasteiger charge is -2.40. The molecule has 10 nitrogen and oxygen atoms in total. The number of hydrogen-bond donors (Lipinski definition) is 2. The van der Waals surface area contributed by atoms with Gasteiger partial charge in [-0.1, -0.05) is 11.6 Å². The number of benzene rings is 1. The van der Waals surface area contributed by atoms with E-state index < -0.39 is 52.8 Å². The number of halogens is 6. The predicted molar refractivity (Wildman–Crippen MR) is 161 cm³/mol. The number of aryl methyl sites for hydroxylation is 2. The number of aromatic hydroxyl groups is 1. The van der Waals surface area contributed by atoms with Crippen LogP contribution in [0.5, 0.6) is 5.75 Å². The minimum Gasteiger partial charge on any atom is -0.505 e. The summed E-state index contributed by atoms with van der Waals surface area (Å²) in [5, 5.41) is 12.0. The summed E-state index contributed by atoms with van der Waals surface area (Å²) in [7, 11) is 0. The molecule has 0 bridgehead atoms. The molecule has 3 aromatic heterocycles. The van der Waals surface area contributed by atoms with Crippen LogP contribution in [0.15, 0.2) is 23.1 Å². The van der Waals surface area contributed by atoms with Crippen molar-refractivity contribution in [3.8, 4) is 16.9 Å². The van der Waals surface area contributed by atoms with E-state index in [1.54, 1.807) is 16.7 Å². The van der Waals surface area contributed by atoms with Gasteiger partial charge in [0.2, 0.25) is 17.7 Å². The van der Waals surface area contributed by atoms with Crippen molar-refractivity contribution in [3.63, 3.8) is 0 Å². The highest BCUT2D eigenvalue weighted by molar-refractivity contribution is 6.33. The average molecular weight is 666 g/mol. The largest absolute Gasteiger partial charge is 0.505 e. The van der Waals surface area contributed by atoms with E-state index in [0.29, 0.717) is 38.3 Å². The highest BCUT2D eigenvalue weighted by Crippen LogP contribution is 2.36. The van der Waals surface area contributed by atoms with Crippen LogP contribution >= 0.6 is 11.6 Å². The van der Waals surface area contributed by atoms with Gasteiger partial charge >= 0.3 is 0 Å². The zero-order chi connectivity index (χ0) is 33.0. The smallest absolute Gasteiger partial charge is 0.263 e. The standard InChI is InChI=1S/C30H29ClF5N7O3/c1-14-8-16(25(34)26(35)27(14)45)17-11-41(29-23(17)30(46)43-5-3-4-20(43)39-29)13-22(44)37-18-9-21(38-28(36)24(18)31)42-7-6-40(10-15(42)2)12-19(32)33/h8-9,11,15,19,45H,3-7,10,12-13H2,1-2H3,(H,37,38,44)/t15-/m0/s1. The maximum absolute atomic E-state index is 15.2. The Kier molecular flexibility index (Phi) is 8.40. The minimum absolute atomic E-state index is 0.0164. The molecule has 6 rings (SSSR count). The van der Waals surface area contributed by atoms with Gasteiger partial charge in [-0.2, -0.15) is 8.78 Å². The van der Waals surface area contributed by atoms with E-state index in [-0.39, 0.29) is 58.4 Å². The third-order valence-electron chi connectivity index (χ3n) is 8.39. The lowest BCUT2D eigenvalue weighted by Crippen LogP contribution is -2.53. The molecule has 16 heteroatoms. The maximum atomic E-state index is 15.2. The Morgan fingerprint density at radius 3 is 2.61 bits per heavy atom. The van der Waals surface area contributed by atoms with Gasteiger partial charge in [0.1, 0.15) is 28.9 Å². The number of anilines is 2. The fraction of sp³-hybridized carbons (Fsp3) is 0.400. The van der Waals surface area contributed by atoms with Gasteiger partial charge in [-0.25, -0.2) is 23.1 Å². The number of nitrogens with zero attached hydrogens (tertiary/aromatic N) is 6. The van der Waals surface area contributed by atoms with Crippen LogP contribution < -0.4 is 15.8 Å². The number of piperazine rings is 1. The van der Waals surface area contributed by atoms with Gasteiger partial charge < -0.3 is 19.9 Å². The average Bonchev–Trinajstić information content (AvgIpc) is 3.61. The van der Waals surface area contributed by atoms with E-state index in [0.717, 1.165) is 0 Å². The van der Waals surface area contributed by atoms with Crippen molar-refractivity contribution in [2.45, 2.75) is 52.2 Å². The van der Waals surface area contributed by atoms with E-state index in [4.69, 9.17) is 11.6 Å². The minimum atomic E-state index is -2.49. The molecule has 2 aliphatic rings. The van der Waals surface area contributed by atoms with Crippen molar-refractivity contribution in [2.75, 3.05) is 36.4 Å². The number of rotatable bonds is 7. The van der Waals surface area contributed by atoms with Gasteiger partial charge in [-0.3, -0.25) is 19.1 Å². The number of alkyl halides is 2. The number of pyridine rings is 1. The summed E-state index contributed by atoms with van der Waals surface area (Å²) < 4.78 is 73.1. The Labute approximate surface area is 264 Å². The third-order valence-corrected chi connectivity index (χ3v) is 8.75. The number of hydrogen-bond acceptors (Lipinski definition) is 7. The van der Waals surface area contributed by atoms with Crippen LogP contribution in [0.25, 0.3) is 22.2 Å². The molecule has 244 valence electrons. The van der Waals surface area contributed by atoms with Crippen LogP contribution in [0, 0.1) is 24.5 Å². The SMILES string of the molecule is Cc1cc(-c2cn(CC(=O)Nc3cc(N4CCN(CC(F)F)C[C@@H]4C)nc(F)c3Cl)c3nc4n(c(=O)c23)CCC4)c(F)c(F)c1O. The molecular formula is C30H29ClF5N7O3. The number of phenols is 1. The molecule has 0 spiro atoms. The van der Waals surface area contributed by atoms with Crippen LogP contribution in [0.2, 0.25) is 5.02 Å². The van der Waals surface area contributed by atoms with Crippen molar-refractivity contribution < 1.29 is 31.9 Å². The molecule has 5 heterocycles. The molecule has 1 amide bonds. The number of nitrogens with one attached hydrogen (secondary N) is 1. The van der Waals surface area contributed by atoms with Crippen molar-refractivity contribution in [1.82, 2.24) is 24.0 Å². The molecule has 0 unspecified atom stereocenters. The molecule has 1 atom stereocenters. The monoisotopic (exact) mass is 665 g/mol. The molecule has 2 aliphatic heterocycles. The van der Waals surface area contributed by atoms with Crippen LogP contribution in [0.3, 0.4) is 0 Å². The van der Waals surface area contributed by atoms with E-state index in [1.165, 1.54) is 34.4 Å². The molecule has 4 aromatic rings. The van der Waals surface area contributed by atoms with Crippen LogP contribution in [0.1, 0.15) is 24.7 Å². The first-order valence-corrected chi connectivity index (χ1v) is 14.9. The Bertz CT molecular complexity index is 1930. The molecule has 1 aromatic carbocycles. The highest BCUT2D eigenvalue weighted by atomic mass is 35.5. The molecule has 0 aliphatic carbocycles. The topological polar surface area (TPSA) is 109 Å². The highest BCUT2D eigenvalue weighted by Gasteiger charge is 2.29. The molecule has 2 N–H and O–H groups in total. The Hall–Kier alpha value is -4.24. The number of carbonyl (C=O) groups is 1. The van der Waals surface area contributed by atoms with Gasteiger partial charge in [0.15, 0.2) is 11.6 Å². The zero-order valence-electron chi connectivity index (χ0n) is 24.8. The lowest BCUT2D eigenvalue weighted by atomic mass is 10.0. The molecule has 1 fully saturated rings. The summed E-state index contributed by atoms with van der Waals surface area (Å²) in [6.45, 7) is 3.59. The second kappa shape index (κ2) is 12.2. The van der Waals surface area contributed by atoms with Crippen molar-refractivity contribution in [3.05, 3.63) is 62.7 Å². The summed E-state index contributed by atoms with van der Waals surface area (Å²) in [4.78, 5) is 38.7. The number of carbonyl (C=O) groups excluding carboxylic acids is 1. The second-order valence-electron chi connectivity index (χ2n) is 11.5. The molecule has 46 heavy (non-hydrogen) atoms. The lowest BCUT2D eigenvalue weighted by molar-refractivity contribution is -0.116. The van der Waals surface area contributed by atoms with Crippen molar-refractivity contribution >= 4 is 40.0 Å². The Morgan fingerprint density at radius 2 is 1.89 bits per heavy atom. The normalized spacial score (nSPS) is 16.9. The third kappa shape index (κ3) is 5.66. The molecule has 1 saturated heterocycles. The van der Waals surface area contributed by atoms with E-state index in [1.807, 2.05) is 0 Å². The second-order valence-corrected chi connectivity index (χ2v) is 11.9. The fourth-order valence-corrected chi connectivity index (χ4v) is 6.34. The summed E-state index contributed by atoms with van der Waals surface area (Å²) in [6, 6.07) is 2.30. The van der Waals surface area contributed by atoms with Crippen LogP contribution in [-0.2, 0) is 24.3 Å². The summed E-state index contributed by atoms with van der Waals surface area (Å²) in [5.41, 5.74) is -0.778. The van der Waals surface area contributed by atoms with Gasteiger partial charge in [0.25, 0.3) is 12.0 Å². The molecular weight excluding hydrogens is 637 g/mol. The predicted octanol–water partition coefficient (Wildman–Crippen LogP) is 4.71. The molecule has 0 saturated carbocycles. The Morgan fingerprint density at radius 1 is 1.13 bits per heavy atom. The first-order valence-electron chi connectivity index (χ1n) is 14.6. The number of aromatic nitrogens is 4. The quantitative estimate of drug-likeness (QED) is 0.218. The number of fused-ring (bicyclic) bond motifs is 2. The first kappa shape index (κ1) is 31.7.